The summed E-state index contributed by atoms with van der Waals surface area (Å²) in [6.07, 6.45) is 10.4. The van der Waals surface area contributed by atoms with Crippen LogP contribution in [-0.4, -0.2) is 44.7 Å². The Morgan fingerprint density at radius 1 is 1.25 bits per heavy atom. The molecule has 24 heavy (non-hydrogen) atoms. The summed E-state index contributed by atoms with van der Waals surface area (Å²) >= 11 is 0. The highest BCUT2D eigenvalue weighted by Gasteiger charge is 2.30. The quantitative estimate of drug-likeness (QED) is 0.899. The fourth-order valence-electron chi connectivity index (χ4n) is 4.22. The highest BCUT2D eigenvalue weighted by atomic mass is 16.2. The molecule has 2 heterocycles. The highest BCUT2D eigenvalue weighted by Crippen LogP contribution is 2.27. The molecule has 1 N–H and O–H groups in total. The lowest BCUT2D eigenvalue weighted by Gasteiger charge is -2.39. The van der Waals surface area contributed by atoms with Crippen LogP contribution in [0.1, 0.15) is 70.7 Å². The number of carbonyl (C=O) groups excluding carboxylic acids is 1. The standard InChI is InChI=1S/C18H31N5O/c1-3-23-17(19-13-20-23)14(2)21-18(24)15-9-11-22(12-10-15)16-7-5-4-6-8-16/h13-16H,3-12H2,1-2H3,(H,21,24)/t14-/m1/s1. The number of rotatable bonds is 5. The van der Waals surface area contributed by atoms with E-state index in [4.69, 9.17) is 0 Å². The molecule has 1 atom stereocenters. The molecule has 0 unspecified atom stereocenters. The van der Waals surface area contributed by atoms with Crippen LogP contribution in [0.5, 0.6) is 0 Å². The zero-order valence-electron chi connectivity index (χ0n) is 15.1. The van der Waals surface area contributed by atoms with Crippen molar-refractivity contribution in [1.29, 1.82) is 0 Å². The summed E-state index contributed by atoms with van der Waals surface area (Å²) in [7, 11) is 0. The van der Waals surface area contributed by atoms with Gasteiger partial charge in [-0.25, -0.2) is 9.67 Å². The number of nitrogens with zero attached hydrogens (tertiary/aromatic N) is 4. The summed E-state index contributed by atoms with van der Waals surface area (Å²) in [4.78, 5) is 19.5. The molecule has 0 radical (unpaired) electrons. The van der Waals surface area contributed by atoms with E-state index >= 15 is 0 Å². The van der Waals surface area contributed by atoms with Crippen molar-refractivity contribution in [3.63, 3.8) is 0 Å². The maximum absolute atomic E-state index is 12.6. The van der Waals surface area contributed by atoms with Crippen molar-refractivity contribution in [3.05, 3.63) is 12.2 Å². The van der Waals surface area contributed by atoms with Crippen LogP contribution in [0, 0.1) is 5.92 Å². The molecule has 2 fully saturated rings. The average Bonchev–Trinajstić information content (AvgIpc) is 3.11. The SMILES string of the molecule is CCn1ncnc1[C@@H](C)NC(=O)C1CCN(C2CCCCC2)CC1. The van der Waals surface area contributed by atoms with Gasteiger partial charge in [0.05, 0.1) is 6.04 Å². The zero-order chi connectivity index (χ0) is 16.9. The monoisotopic (exact) mass is 333 g/mol. The van der Waals surface area contributed by atoms with Crippen molar-refractivity contribution in [1.82, 2.24) is 25.0 Å². The second-order valence-corrected chi connectivity index (χ2v) is 7.27. The fraction of sp³-hybridized carbons (Fsp3) is 0.833. The van der Waals surface area contributed by atoms with Gasteiger partial charge in [-0.1, -0.05) is 19.3 Å². The number of aryl methyl sites for hydroxylation is 1. The predicted octanol–water partition coefficient (Wildman–Crippen LogP) is 2.52. The molecule has 1 aliphatic heterocycles. The molecular weight excluding hydrogens is 302 g/mol. The average molecular weight is 333 g/mol. The first kappa shape index (κ1) is 17.4. The van der Waals surface area contributed by atoms with Crippen molar-refractivity contribution in [2.75, 3.05) is 13.1 Å². The summed E-state index contributed by atoms with van der Waals surface area (Å²) < 4.78 is 1.84. The largest absolute Gasteiger partial charge is 0.346 e. The van der Waals surface area contributed by atoms with Gasteiger partial charge in [0.1, 0.15) is 12.2 Å². The number of amides is 1. The number of carbonyl (C=O) groups is 1. The van der Waals surface area contributed by atoms with Gasteiger partial charge in [0, 0.05) is 18.5 Å². The van der Waals surface area contributed by atoms with E-state index in [1.165, 1.54) is 32.1 Å². The molecule has 0 bridgehead atoms. The molecule has 1 amide bonds. The topological polar surface area (TPSA) is 63.1 Å². The zero-order valence-corrected chi connectivity index (χ0v) is 15.1. The third-order valence-electron chi connectivity index (χ3n) is 5.68. The van der Waals surface area contributed by atoms with E-state index in [1.807, 2.05) is 18.5 Å². The van der Waals surface area contributed by atoms with E-state index < -0.39 is 0 Å². The molecular formula is C18H31N5O. The highest BCUT2D eigenvalue weighted by molar-refractivity contribution is 5.79. The number of hydrogen-bond acceptors (Lipinski definition) is 4. The first-order chi connectivity index (χ1) is 11.7. The second-order valence-electron chi connectivity index (χ2n) is 7.27. The summed E-state index contributed by atoms with van der Waals surface area (Å²) in [6.45, 7) is 6.94. The van der Waals surface area contributed by atoms with Gasteiger partial charge >= 0.3 is 0 Å². The van der Waals surface area contributed by atoms with E-state index in [2.05, 4.69) is 20.3 Å². The Hall–Kier alpha value is -1.43. The molecule has 1 aliphatic carbocycles. The minimum absolute atomic E-state index is 0.0867. The van der Waals surface area contributed by atoms with E-state index in [-0.39, 0.29) is 17.9 Å². The first-order valence-electron chi connectivity index (χ1n) is 9.61. The second kappa shape index (κ2) is 8.10. The van der Waals surface area contributed by atoms with Gasteiger partial charge in [-0.05, 0) is 52.6 Å². The van der Waals surface area contributed by atoms with Gasteiger partial charge in [0.2, 0.25) is 5.91 Å². The number of aromatic nitrogens is 3. The minimum atomic E-state index is -0.0867. The van der Waals surface area contributed by atoms with Crippen LogP contribution in [0.3, 0.4) is 0 Å². The van der Waals surface area contributed by atoms with E-state index in [1.54, 1.807) is 6.33 Å². The van der Waals surface area contributed by atoms with Crippen molar-refractivity contribution >= 4 is 5.91 Å². The van der Waals surface area contributed by atoms with E-state index in [9.17, 15) is 4.79 Å². The first-order valence-corrected chi connectivity index (χ1v) is 9.61. The maximum Gasteiger partial charge on any atom is 0.223 e. The van der Waals surface area contributed by atoms with Gasteiger partial charge in [0.25, 0.3) is 0 Å². The Morgan fingerprint density at radius 3 is 2.62 bits per heavy atom. The normalized spacial score (nSPS) is 22.4. The van der Waals surface area contributed by atoms with Crippen LogP contribution in [-0.2, 0) is 11.3 Å². The number of likely N-dealkylation sites (tertiary alicyclic amines) is 1. The summed E-state index contributed by atoms with van der Waals surface area (Å²) in [5.74, 6) is 1.16. The van der Waals surface area contributed by atoms with Gasteiger partial charge in [0.15, 0.2) is 0 Å². The molecule has 1 saturated carbocycles. The van der Waals surface area contributed by atoms with E-state index in [0.29, 0.717) is 0 Å². The Balaban J connectivity index is 1.48. The third kappa shape index (κ3) is 3.97. The lowest BCUT2D eigenvalue weighted by molar-refractivity contribution is -0.127. The van der Waals surface area contributed by atoms with Gasteiger partial charge in [-0.15, -0.1) is 0 Å². The molecule has 0 aromatic carbocycles. The number of hydrogen-bond donors (Lipinski definition) is 1. The lowest BCUT2D eigenvalue weighted by atomic mass is 9.89. The Labute approximate surface area is 145 Å². The van der Waals surface area contributed by atoms with Gasteiger partial charge in [-0.3, -0.25) is 4.79 Å². The van der Waals surface area contributed by atoms with E-state index in [0.717, 1.165) is 44.3 Å². The molecule has 6 nitrogen and oxygen atoms in total. The molecule has 134 valence electrons. The molecule has 3 rings (SSSR count). The van der Waals surface area contributed by atoms with Crippen LogP contribution in [0.15, 0.2) is 6.33 Å². The summed E-state index contributed by atoms with van der Waals surface area (Å²) in [6, 6.07) is 0.682. The molecule has 1 aromatic heterocycles. The lowest BCUT2D eigenvalue weighted by Crippen LogP contribution is -2.45. The number of nitrogens with one attached hydrogen (secondary N) is 1. The minimum Gasteiger partial charge on any atom is -0.346 e. The molecule has 1 aromatic rings. The molecule has 6 heteroatoms. The summed E-state index contributed by atoms with van der Waals surface area (Å²) in [5.41, 5.74) is 0. The Morgan fingerprint density at radius 2 is 1.96 bits per heavy atom. The summed E-state index contributed by atoms with van der Waals surface area (Å²) in [5, 5.41) is 7.33. The smallest absolute Gasteiger partial charge is 0.223 e. The van der Waals surface area contributed by atoms with Gasteiger partial charge in [-0.2, -0.15) is 5.10 Å². The Kier molecular flexibility index (Phi) is 5.87. The predicted molar refractivity (Wildman–Crippen MR) is 93.4 cm³/mol. The van der Waals surface area contributed by atoms with Crippen molar-refractivity contribution < 1.29 is 4.79 Å². The van der Waals surface area contributed by atoms with Crippen molar-refractivity contribution in [2.45, 2.75) is 77.4 Å². The Bertz CT molecular complexity index is 529. The van der Waals surface area contributed by atoms with Crippen LogP contribution >= 0.6 is 0 Å². The van der Waals surface area contributed by atoms with Crippen molar-refractivity contribution in [2.24, 2.45) is 5.92 Å². The van der Waals surface area contributed by atoms with Gasteiger partial charge < -0.3 is 10.2 Å². The number of piperidine rings is 1. The molecule has 2 aliphatic rings. The van der Waals surface area contributed by atoms with Crippen LogP contribution in [0.4, 0.5) is 0 Å². The fourth-order valence-corrected chi connectivity index (χ4v) is 4.22. The third-order valence-corrected chi connectivity index (χ3v) is 5.68. The van der Waals surface area contributed by atoms with Crippen LogP contribution in [0.2, 0.25) is 0 Å². The van der Waals surface area contributed by atoms with Crippen LogP contribution < -0.4 is 5.32 Å². The maximum atomic E-state index is 12.6. The molecule has 1 saturated heterocycles. The molecule has 0 spiro atoms. The van der Waals surface area contributed by atoms with Crippen molar-refractivity contribution in [3.8, 4) is 0 Å². The van der Waals surface area contributed by atoms with Crippen LogP contribution in [0.25, 0.3) is 0 Å².